The number of rotatable bonds is 25. The van der Waals surface area contributed by atoms with Crippen LogP contribution in [0.3, 0.4) is 0 Å². The van der Waals surface area contributed by atoms with Crippen LogP contribution in [0.5, 0.6) is 0 Å². The number of nitrogens with two attached hydrogens (primary N) is 3. The molecular formula is C45H78N10O11. The fraction of sp³-hybridized carbons (Fsp3) is 0.800. The normalized spacial score (nSPS) is 21.6. The van der Waals surface area contributed by atoms with Gasteiger partial charge in [-0.3, -0.25) is 38.4 Å². The number of hydrogen-bond donors (Lipinski definition) is 9. The molecule has 3 saturated heterocycles. The molecular weight excluding hydrogens is 857 g/mol. The number of hydrogen-bond acceptors (Lipinski definition) is 12. The highest BCUT2D eigenvalue weighted by atomic mass is 16.4. The van der Waals surface area contributed by atoms with E-state index in [2.05, 4.69) is 21.3 Å². The van der Waals surface area contributed by atoms with Gasteiger partial charge in [0.15, 0.2) is 0 Å². The number of carboxylic acid groups (broad SMARTS) is 2. The highest BCUT2D eigenvalue weighted by Gasteiger charge is 2.40. The summed E-state index contributed by atoms with van der Waals surface area (Å²) in [6, 6.07) is -5.23. The van der Waals surface area contributed by atoms with E-state index < -0.39 is 90.0 Å². The fourth-order valence-corrected chi connectivity index (χ4v) is 8.88. The summed E-state index contributed by atoms with van der Waals surface area (Å²) in [5.41, 5.74) is 17.1. The van der Waals surface area contributed by atoms with Crippen LogP contribution >= 0.6 is 0 Å². The number of amides is 7. The molecule has 0 aromatic carbocycles. The van der Waals surface area contributed by atoms with Gasteiger partial charge in [-0.15, -0.1) is 0 Å². The summed E-state index contributed by atoms with van der Waals surface area (Å²) in [7, 11) is 0. The summed E-state index contributed by atoms with van der Waals surface area (Å²) in [5, 5.41) is 29.9. The van der Waals surface area contributed by atoms with Crippen molar-refractivity contribution in [3.8, 4) is 0 Å². The molecule has 0 bridgehead atoms. The van der Waals surface area contributed by atoms with Crippen molar-refractivity contribution in [3.63, 3.8) is 0 Å². The second-order valence-electron chi connectivity index (χ2n) is 18.7. The van der Waals surface area contributed by atoms with Gasteiger partial charge in [-0.25, -0.2) is 4.79 Å². The van der Waals surface area contributed by atoms with Crippen molar-refractivity contribution in [3.05, 3.63) is 0 Å². The number of likely N-dealkylation sites (tertiary alicyclic amines) is 3. The molecule has 3 heterocycles. The Bertz CT molecular complexity index is 1680. The summed E-state index contributed by atoms with van der Waals surface area (Å²) in [5.74, 6) is -8.02. The Balaban J connectivity index is 1.66. The van der Waals surface area contributed by atoms with Crippen molar-refractivity contribution in [1.82, 2.24) is 36.0 Å². The third kappa shape index (κ3) is 16.8. The molecule has 3 rings (SSSR count). The minimum atomic E-state index is -1.34. The first-order valence-electron chi connectivity index (χ1n) is 24.0. The molecule has 0 aromatic heterocycles. The first kappa shape index (κ1) is 55.4. The van der Waals surface area contributed by atoms with E-state index in [1.54, 1.807) is 16.7 Å². The number of aliphatic carboxylic acids is 2. The molecule has 3 aliphatic rings. The Morgan fingerprint density at radius 2 is 1.02 bits per heavy atom. The van der Waals surface area contributed by atoms with Crippen molar-refractivity contribution >= 4 is 53.3 Å². The van der Waals surface area contributed by atoms with E-state index in [4.69, 9.17) is 22.3 Å². The van der Waals surface area contributed by atoms with Crippen LogP contribution in [0.1, 0.15) is 118 Å². The lowest BCUT2D eigenvalue weighted by Gasteiger charge is -2.38. The lowest BCUT2D eigenvalue weighted by atomic mass is 9.92. The second-order valence-corrected chi connectivity index (χ2v) is 18.7. The van der Waals surface area contributed by atoms with Gasteiger partial charge in [-0.05, 0) is 102 Å². The molecule has 0 spiro atoms. The van der Waals surface area contributed by atoms with E-state index in [1.807, 2.05) is 20.8 Å². The summed E-state index contributed by atoms with van der Waals surface area (Å²) in [4.78, 5) is 123. The number of carbonyl (C=O) groups is 9. The van der Waals surface area contributed by atoms with E-state index >= 15 is 0 Å². The molecule has 0 saturated carbocycles. The quantitative estimate of drug-likeness (QED) is 0.0521. The average Bonchev–Trinajstić information content (AvgIpc) is 3.30. The Morgan fingerprint density at radius 1 is 0.591 bits per heavy atom. The number of piperidine rings is 3. The zero-order valence-electron chi connectivity index (χ0n) is 39.5. The molecule has 0 radical (unpaired) electrons. The number of carboxylic acids is 2. The second kappa shape index (κ2) is 27.7. The fourth-order valence-electron chi connectivity index (χ4n) is 8.88. The Hall–Kier alpha value is -4.89. The molecule has 9 atom stereocenters. The molecule has 0 aromatic rings. The maximum atomic E-state index is 14.2. The predicted octanol–water partition coefficient (Wildman–Crippen LogP) is -0.512. The average molecular weight is 935 g/mol. The van der Waals surface area contributed by atoms with Gasteiger partial charge in [0.25, 0.3) is 0 Å². The van der Waals surface area contributed by atoms with Gasteiger partial charge in [0.05, 0.1) is 30.2 Å². The zero-order valence-corrected chi connectivity index (χ0v) is 39.5. The highest BCUT2D eigenvalue weighted by molar-refractivity contribution is 5.93. The maximum absolute atomic E-state index is 14.2. The Morgan fingerprint density at radius 3 is 1.44 bits per heavy atom. The van der Waals surface area contributed by atoms with E-state index in [-0.39, 0.29) is 55.6 Å². The number of nitrogens with one attached hydrogen (secondary N) is 4. The summed E-state index contributed by atoms with van der Waals surface area (Å²) in [6.07, 6.45) is 5.77. The minimum Gasteiger partial charge on any atom is -0.481 e. The summed E-state index contributed by atoms with van der Waals surface area (Å²) >= 11 is 0. The smallest absolute Gasteiger partial charge is 0.326 e. The van der Waals surface area contributed by atoms with Gasteiger partial charge < -0.3 is 63.4 Å². The number of nitrogens with zero attached hydrogens (tertiary/aromatic N) is 3. The minimum absolute atomic E-state index is 0.0525. The van der Waals surface area contributed by atoms with Gasteiger partial charge >= 0.3 is 11.9 Å². The van der Waals surface area contributed by atoms with Crippen molar-refractivity contribution in [2.75, 3.05) is 52.4 Å². The third-order valence-corrected chi connectivity index (χ3v) is 13.2. The van der Waals surface area contributed by atoms with Gasteiger partial charge in [0, 0.05) is 39.3 Å². The van der Waals surface area contributed by atoms with Crippen LogP contribution in [0, 0.1) is 29.6 Å². The van der Waals surface area contributed by atoms with Crippen LogP contribution in [-0.4, -0.2) is 161 Å². The van der Waals surface area contributed by atoms with Gasteiger partial charge in [0.2, 0.25) is 41.4 Å². The molecule has 12 N–H and O–H groups in total. The van der Waals surface area contributed by atoms with Crippen LogP contribution in [0.15, 0.2) is 0 Å². The molecule has 21 nitrogen and oxygen atoms in total. The first-order chi connectivity index (χ1) is 31.3. The van der Waals surface area contributed by atoms with Crippen LogP contribution in [0.2, 0.25) is 0 Å². The van der Waals surface area contributed by atoms with Crippen LogP contribution in [0.25, 0.3) is 0 Å². The molecule has 374 valence electrons. The van der Waals surface area contributed by atoms with Crippen LogP contribution in [-0.2, 0) is 43.2 Å². The van der Waals surface area contributed by atoms with Crippen LogP contribution in [0.4, 0.5) is 0 Å². The number of unbranched alkanes of at least 4 members (excludes halogenated alkanes) is 2. The maximum Gasteiger partial charge on any atom is 0.326 e. The Labute approximate surface area is 388 Å². The lowest BCUT2D eigenvalue weighted by molar-refractivity contribution is -0.145. The molecule has 3 fully saturated rings. The van der Waals surface area contributed by atoms with Crippen LogP contribution < -0.4 is 38.5 Å². The molecule has 0 aliphatic carbocycles. The van der Waals surface area contributed by atoms with E-state index in [1.165, 1.54) is 4.90 Å². The highest BCUT2D eigenvalue weighted by Crippen LogP contribution is 2.24. The van der Waals surface area contributed by atoms with E-state index in [9.17, 15) is 48.3 Å². The molecule has 1 unspecified atom stereocenters. The Kier molecular flexibility index (Phi) is 23.2. The largest absolute Gasteiger partial charge is 0.481 e. The van der Waals surface area contributed by atoms with Crippen molar-refractivity contribution < 1.29 is 53.4 Å². The van der Waals surface area contributed by atoms with Crippen molar-refractivity contribution in [2.24, 2.45) is 46.8 Å². The van der Waals surface area contributed by atoms with Crippen molar-refractivity contribution in [1.29, 1.82) is 0 Å². The monoisotopic (exact) mass is 935 g/mol. The van der Waals surface area contributed by atoms with E-state index in [0.29, 0.717) is 110 Å². The summed E-state index contributed by atoms with van der Waals surface area (Å²) in [6.45, 7) is 9.34. The first-order valence-corrected chi connectivity index (χ1v) is 24.0. The standard InChI is InChI=1S/C45H78N10O11/c1-5-28(4)37(52-41(61)32(48)23-35(56)57)44(64)55-22-12-15-31(26-55)40(60)51-36(27(2)3)43(63)54-21-11-14-30(25-54)38(58)49-33(16-6-8-18-46)42(62)53-20-10-13-29(24-53)39(59)50-34(45(65)66)17-7-9-19-47/h27-34,36-37H,5-26,46-48H2,1-4H3,(H,49,58)(H,50,59)(H,51,60)(H,52,61)(H,56,57)(H,65,66)/t28?,29-,30-,31-,32+,33+,34+,36+,37+/m1/s1. The third-order valence-electron chi connectivity index (χ3n) is 13.2. The number of carbonyl (C=O) groups excluding carboxylic acids is 7. The molecule has 7 amide bonds. The van der Waals surface area contributed by atoms with Crippen molar-refractivity contribution in [2.45, 2.75) is 148 Å². The SMILES string of the molecule is CCC(C)[C@H](NC(=O)[C@@H](N)CC(=O)O)C(=O)N1CCC[C@@H](C(=O)N[C@H](C(=O)N2CCC[C@@H](C(=O)N[C@@H](CCCCN)C(=O)N3CCC[C@@H](C(=O)N[C@@H](CCCCN)C(=O)O)C3)C2)C(C)C)C1. The van der Waals surface area contributed by atoms with Gasteiger partial charge in [0.1, 0.15) is 24.2 Å². The summed E-state index contributed by atoms with van der Waals surface area (Å²) < 4.78 is 0. The topological polar surface area (TPSA) is 330 Å². The van der Waals surface area contributed by atoms with E-state index in [0.717, 1.165) is 0 Å². The molecule has 21 heteroatoms. The van der Waals surface area contributed by atoms with Gasteiger partial charge in [-0.2, -0.15) is 0 Å². The lowest BCUT2D eigenvalue weighted by Crippen LogP contribution is -2.59. The molecule has 66 heavy (non-hydrogen) atoms. The zero-order chi connectivity index (χ0) is 49.1. The predicted molar refractivity (Wildman–Crippen MR) is 244 cm³/mol. The molecule has 3 aliphatic heterocycles. The van der Waals surface area contributed by atoms with Gasteiger partial charge in [-0.1, -0.05) is 34.1 Å².